The number of piperidine rings is 1. The monoisotopic (exact) mass is 534 g/mol. The molecule has 2 unspecified atom stereocenters. The lowest BCUT2D eigenvalue weighted by Crippen LogP contribution is -2.41. The van der Waals surface area contributed by atoms with E-state index in [4.69, 9.17) is 4.74 Å². The third-order valence-corrected chi connectivity index (χ3v) is 9.77. The van der Waals surface area contributed by atoms with E-state index in [-0.39, 0.29) is 5.92 Å². The van der Waals surface area contributed by atoms with Crippen LogP contribution in [0.2, 0.25) is 0 Å². The van der Waals surface area contributed by atoms with Crippen LogP contribution in [0.4, 0.5) is 0 Å². The Labute approximate surface area is 235 Å². The predicted molar refractivity (Wildman–Crippen MR) is 159 cm³/mol. The van der Waals surface area contributed by atoms with Crippen molar-refractivity contribution in [2.75, 3.05) is 32.7 Å². The van der Waals surface area contributed by atoms with Crippen LogP contribution in [0.3, 0.4) is 0 Å². The zero-order valence-electron chi connectivity index (χ0n) is 24.5. The third-order valence-electron chi connectivity index (χ3n) is 9.77. The lowest BCUT2D eigenvalue weighted by molar-refractivity contribution is -0.142. The number of hydrogen-bond donors (Lipinski definition) is 1. The van der Waals surface area contributed by atoms with Crippen LogP contribution in [-0.4, -0.2) is 59.7 Å². The van der Waals surface area contributed by atoms with Gasteiger partial charge in [0.1, 0.15) is 5.75 Å². The lowest BCUT2D eigenvalue weighted by Gasteiger charge is -2.37. The number of carbonyl (C=O) groups is 1. The van der Waals surface area contributed by atoms with E-state index in [1.54, 1.807) is 0 Å². The molecular formula is C34H50N2O3. The molecule has 3 fully saturated rings. The number of hydrogen-bond acceptors (Lipinski definition) is 4. The maximum Gasteiger partial charge on any atom is 0.306 e. The molecule has 214 valence electrons. The topological polar surface area (TPSA) is 53.0 Å². The molecule has 2 aliphatic heterocycles. The van der Waals surface area contributed by atoms with Gasteiger partial charge in [0.25, 0.3) is 0 Å². The minimum Gasteiger partial charge on any atom is -0.490 e. The van der Waals surface area contributed by atoms with Gasteiger partial charge in [-0.1, -0.05) is 39.0 Å². The molecule has 1 N–H and O–H groups in total. The average molecular weight is 535 g/mol. The summed E-state index contributed by atoms with van der Waals surface area (Å²) in [5.74, 6) is 1.74. The molecule has 0 aromatic heterocycles. The predicted octanol–water partition coefficient (Wildman–Crippen LogP) is 7.22. The summed E-state index contributed by atoms with van der Waals surface area (Å²) in [6.45, 7) is 13.5. The molecule has 2 atom stereocenters. The van der Waals surface area contributed by atoms with Crippen molar-refractivity contribution in [1.82, 2.24) is 9.80 Å². The van der Waals surface area contributed by atoms with E-state index in [9.17, 15) is 9.90 Å². The molecule has 1 aliphatic carbocycles. The molecule has 3 aliphatic rings. The van der Waals surface area contributed by atoms with Gasteiger partial charge in [-0.15, -0.1) is 0 Å². The summed E-state index contributed by atoms with van der Waals surface area (Å²) in [7, 11) is 0. The number of carboxylic acid groups (broad SMARTS) is 1. The van der Waals surface area contributed by atoms with Crippen molar-refractivity contribution in [3.8, 4) is 5.75 Å². The largest absolute Gasteiger partial charge is 0.490 e. The van der Waals surface area contributed by atoms with Crippen LogP contribution < -0.4 is 4.74 Å². The van der Waals surface area contributed by atoms with Gasteiger partial charge < -0.3 is 14.7 Å². The number of fused-ring (bicyclic) bond motifs is 1. The Balaban J connectivity index is 1.12. The van der Waals surface area contributed by atoms with Crippen LogP contribution in [0.15, 0.2) is 36.4 Å². The zero-order valence-corrected chi connectivity index (χ0v) is 24.5. The van der Waals surface area contributed by atoms with Gasteiger partial charge in [-0.2, -0.15) is 0 Å². The molecule has 5 nitrogen and oxygen atoms in total. The van der Waals surface area contributed by atoms with E-state index in [1.165, 1.54) is 48.6 Å². The van der Waals surface area contributed by atoms with Gasteiger partial charge in [0.05, 0.1) is 12.0 Å². The van der Waals surface area contributed by atoms with Gasteiger partial charge in [0, 0.05) is 19.6 Å². The number of carboxylic acids is 1. The molecule has 5 rings (SSSR count). The van der Waals surface area contributed by atoms with Crippen molar-refractivity contribution in [2.24, 2.45) is 23.2 Å². The molecule has 0 spiro atoms. The van der Waals surface area contributed by atoms with Crippen molar-refractivity contribution >= 4 is 16.7 Å². The first-order valence-electron chi connectivity index (χ1n) is 15.6. The Bertz CT molecular complexity index is 1100. The average Bonchev–Trinajstić information content (AvgIpc) is 3.15. The maximum absolute atomic E-state index is 11.4. The molecule has 2 aromatic rings. The Morgan fingerprint density at radius 1 is 0.872 bits per heavy atom. The molecule has 2 aromatic carbocycles. The SMILES string of the molecule is CC(C)(C)[C@H]1CC[C@H](Oc2ccc3cc(CN4CCCC(CN5CCCC(C(=O)O)CC5)C4)ccc3c2)CC1. The number of aliphatic carboxylic acids is 1. The highest BCUT2D eigenvalue weighted by atomic mass is 16.5. The van der Waals surface area contributed by atoms with Gasteiger partial charge in [-0.05, 0) is 129 Å². The molecule has 1 saturated carbocycles. The van der Waals surface area contributed by atoms with Gasteiger partial charge in [0.15, 0.2) is 0 Å². The standard InChI is InChI=1S/C34H50N2O3/c1-34(2,3)30-11-14-31(15-12-30)39-32-13-10-28-20-25(8-9-29(28)21-32)22-36-18-4-6-26(24-36)23-35-17-5-7-27(16-19-35)33(37)38/h8-10,13,20-21,26-27,30-31H,4-7,11-12,14-19,22-24H2,1-3H3,(H,37,38)/t26?,27?,30-,31-. The lowest BCUT2D eigenvalue weighted by atomic mass is 9.72. The Morgan fingerprint density at radius 2 is 1.59 bits per heavy atom. The first kappa shape index (κ1) is 28.4. The normalized spacial score (nSPS) is 27.8. The molecule has 2 saturated heterocycles. The summed E-state index contributed by atoms with van der Waals surface area (Å²) in [6, 6.07) is 13.5. The summed E-state index contributed by atoms with van der Waals surface area (Å²) < 4.78 is 6.43. The number of benzene rings is 2. The molecule has 0 bridgehead atoms. The van der Waals surface area contributed by atoms with Crippen molar-refractivity contribution in [2.45, 2.75) is 91.2 Å². The van der Waals surface area contributed by atoms with Crippen molar-refractivity contribution in [3.63, 3.8) is 0 Å². The quantitative estimate of drug-likeness (QED) is 0.406. The second kappa shape index (κ2) is 12.6. The van der Waals surface area contributed by atoms with Crippen molar-refractivity contribution < 1.29 is 14.6 Å². The van der Waals surface area contributed by atoms with E-state index in [0.717, 1.165) is 76.5 Å². The fourth-order valence-corrected chi connectivity index (χ4v) is 7.34. The van der Waals surface area contributed by atoms with E-state index < -0.39 is 5.97 Å². The molecule has 5 heteroatoms. The second-order valence-corrected chi connectivity index (χ2v) is 13.8. The second-order valence-electron chi connectivity index (χ2n) is 13.8. The number of likely N-dealkylation sites (tertiary alicyclic amines) is 2. The molecule has 0 radical (unpaired) electrons. The Kier molecular flexibility index (Phi) is 9.18. The maximum atomic E-state index is 11.4. The Hall–Kier alpha value is -2.11. The fourth-order valence-electron chi connectivity index (χ4n) is 7.34. The molecule has 0 amide bonds. The van der Waals surface area contributed by atoms with Gasteiger partial charge in [-0.3, -0.25) is 9.69 Å². The first-order valence-corrected chi connectivity index (χ1v) is 15.6. The summed E-state index contributed by atoms with van der Waals surface area (Å²) >= 11 is 0. The minimum absolute atomic E-state index is 0.151. The number of ether oxygens (including phenoxy) is 1. The van der Waals surface area contributed by atoms with Crippen LogP contribution in [0.25, 0.3) is 10.8 Å². The molecular weight excluding hydrogens is 484 g/mol. The molecule has 39 heavy (non-hydrogen) atoms. The van der Waals surface area contributed by atoms with Crippen LogP contribution in [0.1, 0.15) is 84.1 Å². The third kappa shape index (κ3) is 7.76. The van der Waals surface area contributed by atoms with Gasteiger partial charge in [-0.25, -0.2) is 0 Å². The smallest absolute Gasteiger partial charge is 0.306 e. The van der Waals surface area contributed by atoms with Crippen molar-refractivity contribution in [1.29, 1.82) is 0 Å². The summed E-state index contributed by atoms with van der Waals surface area (Å²) in [4.78, 5) is 16.6. The van der Waals surface area contributed by atoms with E-state index in [2.05, 4.69) is 67.0 Å². The highest BCUT2D eigenvalue weighted by Crippen LogP contribution is 2.39. The Morgan fingerprint density at radius 3 is 2.36 bits per heavy atom. The number of nitrogens with zero attached hydrogens (tertiary/aromatic N) is 2. The summed E-state index contributed by atoms with van der Waals surface area (Å²) in [5, 5.41) is 11.9. The van der Waals surface area contributed by atoms with E-state index >= 15 is 0 Å². The summed E-state index contributed by atoms with van der Waals surface area (Å²) in [5.41, 5.74) is 1.79. The van der Waals surface area contributed by atoms with Gasteiger partial charge >= 0.3 is 5.97 Å². The highest BCUT2D eigenvalue weighted by molar-refractivity contribution is 5.84. The van der Waals surface area contributed by atoms with Crippen molar-refractivity contribution in [3.05, 3.63) is 42.0 Å². The van der Waals surface area contributed by atoms with E-state index in [1.807, 2.05) is 0 Å². The highest BCUT2D eigenvalue weighted by Gasteiger charge is 2.30. The van der Waals surface area contributed by atoms with E-state index in [0.29, 0.717) is 17.4 Å². The number of rotatable bonds is 7. The summed E-state index contributed by atoms with van der Waals surface area (Å²) in [6.07, 6.45) is 10.4. The zero-order chi connectivity index (χ0) is 27.4. The van der Waals surface area contributed by atoms with Crippen LogP contribution in [0.5, 0.6) is 5.75 Å². The first-order chi connectivity index (χ1) is 18.7. The van der Waals surface area contributed by atoms with Crippen LogP contribution in [0, 0.1) is 23.2 Å². The fraction of sp³-hybridized carbons (Fsp3) is 0.676. The van der Waals surface area contributed by atoms with Crippen LogP contribution in [-0.2, 0) is 11.3 Å². The minimum atomic E-state index is -0.613. The van der Waals surface area contributed by atoms with Crippen LogP contribution >= 0.6 is 0 Å². The molecule has 2 heterocycles. The van der Waals surface area contributed by atoms with Gasteiger partial charge in [0.2, 0.25) is 0 Å².